The predicted octanol–water partition coefficient (Wildman–Crippen LogP) is 1.85. The summed E-state index contributed by atoms with van der Waals surface area (Å²) in [5.41, 5.74) is 1.55. The lowest BCUT2D eigenvalue weighted by Crippen LogP contribution is -2.43. The van der Waals surface area contributed by atoms with E-state index in [1.54, 1.807) is 12.1 Å². The van der Waals surface area contributed by atoms with Crippen LogP contribution in [-0.2, 0) is 17.6 Å². The third-order valence-corrected chi connectivity index (χ3v) is 3.28. The quantitative estimate of drug-likeness (QED) is 0.924. The predicted molar refractivity (Wildman–Crippen MR) is 64.9 cm³/mol. The van der Waals surface area contributed by atoms with Crippen molar-refractivity contribution < 1.29 is 27.4 Å². The maximum absolute atomic E-state index is 12.3. The summed E-state index contributed by atoms with van der Waals surface area (Å²) >= 11 is 0. The van der Waals surface area contributed by atoms with Crippen LogP contribution in [0.1, 0.15) is 11.1 Å². The lowest BCUT2D eigenvalue weighted by Gasteiger charge is -2.13. The SMILES string of the molecule is COc1ccc(OC)c2c1CC(NC(=O)C(F)(F)F)C2. The highest BCUT2D eigenvalue weighted by Gasteiger charge is 2.41. The molecule has 0 spiro atoms. The molecule has 0 fully saturated rings. The van der Waals surface area contributed by atoms with Crippen molar-refractivity contribution in [3.63, 3.8) is 0 Å². The molecule has 1 aromatic rings. The smallest absolute Gasteiger partial charge is 0.471 e. The molecule has 0 saturated heterocycles. The normalized spacial score (nSPS) is 14.8. The highest BCUT2D eigenvalue weighted by molar-refractivity contribution is 5.82. The number of methoxy groups -OCH3 is 2. The van der Waals surface area contributed by atoms with Gasteiger partial charge in [-0.15, -0.1) is 0 Å². The van der Waals surface area contributed by atoms with Crippen molar-refractivity contribution in [3.05, 3.63) is 23.3 Å². The van der Waals surface area contributed by atoms with Crippen LogP contribution < -0.4 is 14.8 Å². The Labute approximate surface area is 113 Å². The molecular weight excluding hydrogens is 275 g/mol. The number of amides is 1. The number of hydrogen-bond acceptors (Lipinski definition) is 3. The molecule has 7 heteroatoms. The Bertz CT molecular complexity index is 495. The Morgan fingerprint density at radius 2 is 1.60 bits per heavy atom. The van der Waals surface area contributed by atoms with E-state index in [1.165, 1.54) is 14.2 Å². The minimum atomic E-state index is -4.87. The minimum Gasteiger partial charge on any atom is -0.496 e. The standard InChI is InChI=1S/C13H14F3NO3/c1-19-10-3-4-11(20-2)9-6-7(5-8(9)10)17-12(18)13(14,15)16/h3-4,7H,5-6H2,1-2H3,(H,17,18). The molecule has 1 amide bonds. The molecule has 1 aliphatic rings. The number of ether oxygens (including phenoxy) is 2. The fourth-order valence-electron chi connectivity index (χ4n) is 2.41. The van der Waals surface area contributed by atoms with Crippen LogP contribution in [0.5, 0.6) is 11.5 Å². The van der Waals surface area contributed by atoms with Crippen LogP contribution in [0.25, 0.3) is 0 Å². The van der Waals surface area contributed by atoms with Crippen LogP contribution in [0.2, 0.25) is 0 Å². The Morgan fingerprint density at radius 3 is 1.95 bits per heavy atom. The third-order valence-electron chi connectivity index (χ3n) is 3.28. The summed E-state index contributed by atoms with van der Waals surface area (Å²) in [6.07, 6.45) is -4.29. The number of fused-ring (bicyclic) bond motifs is 1. The molecule has 4 nitrogen and oxygen atoms in total. The van der Waals surface area contributed by atoms with Crippen LogP contribution in [0.15, 0.2) is 12.1 Å². The first-order valence-electron chi connectivity index (χ1n) is 5.97. The van der Waals surface area contributed by atoms with E-state index in [4.69, 9.17) is 9.47 Å². The summed E-state index contributed by atoms with van der Waals surface area (Å²) in [4.78, 5) is 11.0. The summed E-state index contributed by atoms with van der Waals surface area (Å²) in [6.45, 7) is 0. The molecule has 0 heterocycles. The van der Waals surface area contributed by atoms with Crippen molar-refractivity contribution in [2.75, 3.05) is 14.2 Å². The van der Waals surface area contributed by atoms with E-state index in [0.717, 1.165) is 11.1 Å². The van der Waals surface area contributed by atoms with Gasteiger partial charge >= 0.3 is 12.1 Å². The molecular formula is C13H14F3NO3. The lowest BCUT2D eigenvalue weighted by atomic mass is 10.1. The van der Waals surface area contributed by atoms with Gasteiger partial charge in [0, 0.05) is 17.2 Å². The number of halogens is 3. The van der Waals surface area contributed by atoms with E-state index in [9.17, 15) is 18.0 Å². The molecule has 0 bridgehead atoms. The zero-order chi connectivity index (χ0) is 14.9. The largest absolute Gasteiger partial charge is 0.496 e. The van der Waals surface area contributed by atoms with Gasteiger partial charge in [0.15, 0.2) is 0 Å². The molecule has 110 valence electrons. The van der Waals surface area contributed by atoms with Gasteiger partial charge < -0.3 is 14.8 Å². The first-order valence-corrected chi connectivity index (χ1v) is 5.97. The summed E-state index contributed by atoms with van der Waals surface area (Å²) in [5.74, 6) is -0.748. The number of hydrogen-bond donors (Lipinski definition) is 1. The van der Waals surface area contributed by atoms with Gasteiger partial charge in [0.25, 0.3) is 0 Å². The molecule has 0 aliphatic heterocycles. The number of benzene rings is 1. The van der Waals surface area contributed by atoms with Crippen molar-refractivity contribution in [1.29, 1.82) is 0 Å². The zero-order valence-electron chi connectivity index (χ0n) is 11.0. The molecule has 0 saturated carbocycles. The molecule has 1 aliphatic carbocycles. The van der Waals surface area contributed by atoms with Gasteiger partial charge in [0.1, 0.15) is 11.5 Å². The zero-order valence-corrected chi connectivity index (χ0v) is 11.0. The fraction of sp³-hybridized carbons (Fsp3) is 0.462. The maximum atomic E-state index is 12.3. The Morgan fingerprint density at radius 1 is 1.15 bits per heavy atom. The number of nitrogens with one attached hydrogen (secondary N) is 1. The third kappa shape index (κ3) is 2.66. The number of alkyl halides is 3. The first kappa shape index (κ1) is 14.5. The van der Waals surface area contributed by atoms with Crippen LogP contribution in [-0.4, -0.2) is 32.3 Å². The van der Waals surface area contributed by atoms with Crippen molar-refractivity contribution in [2.45, 2.75) is 25.1 Å². The molecule has 1 N–H and O–H groups in total. The van der Waals surface area contributed by atoms with Gasteiger partial charge in [0.2, 0.25) is 0 Å². The summed E-state index contributed by atoms with van der Waals surface area (Å²) in [7, 11) is 2.98. The first-order chi connectivity index (χ1) is 9.36. The molecule has 20 heavy (non-hydrogen) atoms. The van der Waals surface area contributed by atoms with Gasteiger partial charge in [-0.2, -0.15) is 13.2 Å². The maximum Gasteiger partial charge on any atom is 0.471 e. The van der Waals surface area contributed by atoms with Gasteiger partial charge in [-0.1, -0.05) is 0 Å². The van der Waals surface area contributed by atoms with E-state index in [1.807, 2.05) is 5.32 Å². The number of carbonyl (C=O) groups is 1. The molecule has 0 unspecified atom stereocenters. The highest BCUT2D eigenvalue weighted by Crippen LogP contribution is 2.37. The Balaban J connectivity index is 2.20. The van der Waals surface area contributed by atoms with E-state index >= 15 is 0 Å². The van der Waals surface area contributed by atoms with Gasteiger partial charge in [-0.3, -0.25) is 4.79 Å². The molecule has 0 aromatic heterocycles. The molecule has 1 aromatic carbocycles. The second-order valence-corrected chi connectivity index (χ2v) is 4.50. The summed E-state index contributed by atoms with van der Waals surface area (Å²) in [5, 5.41) is 1.99. The summed E-state index contributed by atoms with van der Waals surface area (Å²) < 4.78 is 47.2. The fourth-order valence-corrected chi connectivity index (χ4v) is 2.41. The van der Waals surface area contributed by atoms with Crippen LogP contribution in [0.4, 0.5) is 13.2 Å². The van der Waals surface area contributed by atoms with Gasteiger partial charge in [-0.25, -0.2) is 0 Å². The topological polar surface area (TPSA) is 47.6 Å². The molecule has 0 radical (unpaired) electrons. The monoisotopic (exact) mass is 289 g/mol. The van der Waals surface area contributed by atoms with Crippen LogP contribution >= 0.6 is 0 Å². The highest BCUT2D eigenvalue weighted by atomic mass is 19.4. The molecule has 2 rings (SSSR count). The van der Waals surface area contributed by atoms with E-state index in [2.05, 4.69) is 0 Å². The minimum absolute atomic E-state index is 0.289. The average molecular weight is 289 g/mol. The second kappa shape index (κ2) is 5.22. The number of rotatable bonds is 3. The van der Waals surface area contributed by atoms with Crippen molar-refractivity contribution in [1.82, 2.24) is 5.32 Å². The Kier molecular flexibility index (Phi) is 3.78. The van der Waals surface area contributed by atoms with Gasteiger partial charge in [0.05, 0.1) is 14.2 Å². The van der Waals surface area contributed by atoms with Crippen LogP contribution in [0.3, 0.4) is 0 Å². The van der Waals surface area contributed by atoms with Crippen LogP contribution in [0, 0.1) is 0 Å². The van der Waals surface area contributed by atoms with Crippen molar-refractivity contribution in [2.24, 2.45) is 0 Å². The average Bonchev–Trinajstić information content (AvgIpc) is 2.79. The Hall–Kier alpha value is -1.92. The van der Waals surface area contributed by atoms with E-state index in [0.29, 0.717) is 11.5 Å². The lowest BCUT2D eigenvalue weighted by molar-refractivity contribution is -0.174. The second-order valence-electron chi connectivity index (χ2n) is 4.50. The molecule has 0 atom stereocenters. The van der Waals surface area contributed by atoms with Crippen molar-refractivity contribution in [3.8, 4) is 11.5 Å². The summed E-state index contributed by atoms with van der Waals surface area (Å²) in [6, 6.07) is 2.79. The van der Waals surface area contributed by atoms with Crippen molar-refractivity contribution >= 4 is 5.91 Å². The number of carbonyl (C=O) groups excluding carboxylic acids is 1. The van der Waals surface area contributed by atoms with E-state index < -0.39 is 18.1 Å². The van der Waals surface area contributed by atoms with Gasteiger partial charge in [-0.05, 0) is 25.0 Å². The van der Waals surface area contributed by atoms with E-state index in [-0.39, 0.29) is 12.8 Å².